The van der Waals surface area contributed by atoms with Crippen molar-refractivity contribution in [3.8, 4) is 0 Å². The number of carbonyl (C=O) groups is 1. The molecule has 1 N–H and O–H groups in total. The average molecular weight is 205 g/mol. The molecule has 0 aliphatic rings. The maximum absolute atomic E-state index is 11.8. The average Bonchev–Trinajstić information content (AvgIpc) is 2.18. The van der Waals surface area contributed by atoms with E-state index in [9.17, 15) is 4.79 Å². The monoisotopic (exact) mass is 205 g/mol. The first-order valence-electron chi connectivity index (χ1n) is 5.38. The summed E-state index contributed by atoms with van der Waals surface area (Å²) in [6, 6.07) is 7.83. The molecule has 1 aromatic carbocycles. The third-order valence-electron chi connectivity index (χ3n) is 2.67. The van der Waals surface area contributed by atoms with Gasteiger partial charge in [-0.3, -0.25) is 4.79 Å². The van der Waals surface area contributed by atoms with Crippen LogP contribution in [0.5, 0.6) is 0 Å². The molecule has 0 radical (unpaired) electrons. The lowest BCUT2D eigenvalue weighted by Crippen LogP contribution is -2.36. The Morgan fingerprint density at radius 3 is 2.13 bits per heavy atom. The summed E-state index contributed by atoms with van der Waals surface area (Å²) in [6.07, 6.45) is 0. The summed E-state index contributed by atoms with van der Waals surface area (Å²) in [4.78, 5) is 11.8. The summed E-state index contributed by atoms with van der Waals surface area (Å²) >= 11 is 0. The summed E-state index contributed by atoms with van der Waals surface area (Å²) < 4.78 is 0. The molecule has 0 saturated heterocycles. The van der Waals surface area contributed by atoms with Crippen molar-refractivity contribution in [1.82, 2.24) is 5.32 Å². The van der Waals surface area contributed by atoms with E-state index in [4.69, 9.17) is 0 Å². The van der Waals surface area contributed by atoms with Crippen molar-refractivity contribution in [3.63, 3.8) is 0 Å². The number of hydrogen-bond acceptors (Lipinski definition) is 1. The van der Waals surface area contributed by atoms with Crippen LogP contribution in [0.15, 0.2) is 24.3 Å². The lowest BCUT2D eigenvalue weighted by molar-refractivity contribution is 0.0930. The van der Waals surface area contributed by atoms with Gasteiger partial charge in [0, 0.05) is 11.6 Å². The van der Waals surface area contributed by atoms with E-state index >= 15 is 0 Å². The Balaban J connectivity index is 2.65. The molecule has 1 aromatic rings. The molecular weight excluding hydrogens is 186 g/mol. The van der Waals surface area contributed by atoms with Crippen LogP contribution >= 0.6 is 0 Å². The Bertz CT molecular complexity index is 327. The first kappa shape index (κ1) is 11.8. The van der Waals surface area contributed by atoms with Gasteiger partial charge in [0.15, 0.2) is 0 Å². The molecule has 0 bridgehead atoms. The highest BCUT2D eigenvalue weighted by molar-refractivity contribution is 5.94. The van der Waals surface area contributed by atoms with Gasteiger partial charge in [0.1, 0.15) is 0 Å². The molecule has 1 amide bonds. The van der Waals surface area contributed by atoms with Gasteiger partial charge in [0.05, 0.1) is 0 Å². The van der Waals surface area contributed by atoms with Gasteiger partial charge >= 0.3 is 0 Å². The largest absolute Gasteiger partial charge is 0.349 e. The fourth-order valence-corrected chi connectivity index (χ4v) is 1.16. The number of hydrogen-bond donors (Lipinski definition) is 1. The molecule has 1 atom stereocenters. The zero-order valence-electron chi connectivity index (χ0n) is 9.87. The van der Waals surface area contributed by atoms with Crippen LogP contribution in [0.25, 0.3) is 0 Å². The highest BCUT2D eigenvalue weighted by Gasteiger charge is 2.11. The molecular formula is C13H19NO. The Morgan fingerprint density at radius 2 is 1.67 bits per heavy atom. The smallest absolute Gasteiger partial charge is 0.251 e. The van der Waals surface area contributed by atoms with Crippen molar-refractivity contribution in [2.75, 3.05) is 0 Å². The predicted molar refractivity (Wildman–Crippen MR) is 62.9 cm³/mol. The number of carbonyl (C=O) groups excluding carboxylic acids is 1. The zero-order chi connectivity index (χ0) is 11.4. The Labute approximate surface area is 91.7 Å². The summed E-state index contributed by atoms with van der Waals surface area (Å²) in [7, 11) is 0. The second kappa shape index (κ2) is 4.96. The number of aryl methyl sites for hydroxylation is 1. The Kier molecular flexibility index (Phi) is 3.89. The van der Waals surface area contributed by atoms with Crippen LogP contribution < -0.4 is 5.32 Å². The van der Waals surface area contributed by atoms with Gasteiger partial charge < -0.3 is 5.32 Å². The van der Waals surface area contributed by atoms with Crippen LogP contribution in [0.2, 0.25) is 0 Å². The second-order valence-electron chi connectivity index (χ2n) is 4.37. The van der Waals surface area contributed by atoms with Crippen molar-refractivity contribution < 1.29 is 4.79 Å². The lowest BCUT2D eigenvalue weighted by Gasteiger charge is -2.17. The summed E-state index contributed by atoms with van der Waals surface area (Å²) in [6.45, 7) is 8.23. The maximum atomic E-state index is 11.8. The minimum atomic E-state index is 0.0104. The van der Waals surface area contributed by atoms with Crippen LogP contribution in [0.3, 0.4) is 0 Å². The molecule has 0 heterocycles. The Hall–Kier alpha value is -1.31. The van der Waals surface area contributed by atoms with Crippen LogP contribution in [0.4, 0.5) is 0 Å². The van der Waals surface area contributed by atoms with Gasteiger partial charge in [-0.15, -0.1) is 0 Å². The number of benzene rings is 1. The molecule has 2 nitrogen and oxygen atoms in total. The van der Waals surface area contributed by atoms with E-state index in [0.29, 0.717) is 5.92 Å². The number of nitrogens with one attached hydrogen (secondary N) is 1. The van der Waals surface area contributed by atoms with Crippen molar-refractivity contribution in [3.05, 3.63) is 35.4 Å². The van der Waals surface area contributed by atoms with E-state index in [-0.39, 0.29) is 11.9 Å². The number of amides is 1. The van der Waals surface area contributed by atoms with Crippen LogP contribution in [0.1, 0.15) is 36.7 Å². The third kappa shape index (κ3) is 3.39. The molecule has 0 spiro atoms. The van der Waals surface area contributed by atoms with Gasteiger partial charge in [0.25, 0.3) is 5.91 Å². The lowest BCUT2D eigenvalue weighted by atomic mass is 10.1. The van der Waals surface area contributed by atoms with Crippen molar-refractivity contribution in [2.45, 2.75) is 33.7 Å². The fraction of sp³-hybridized carbons (Fsp3) is 0.462. The molecule has 0 aliphatic heterocycles. The third-order valence-corrected chi connectivity index (χ3v) is 2.67. The zero-order valence-corrected chi connectivity index (χ0v) is 9.87. The first-order valence-corrected chi connectivity index (χ1v) is 5.38. The molecule has 0 aliphatic carbocycles. The first-order chi connectivity index (χ1) is 7.00. The summed E-state index contributed by atoms with van der Waals surface area (Å²) in [5, 5.41) is 2.98. The van der Waals surface area contributed by atoms with Gasteiger partial charge in [-0.2, -0.15) is 0 Å². The van der Waals surface area contributed by atoms with Crippen molar-refractivity contribution in [2.24, 2.45) is 5.92 Å². The van der Waals surface area contributed by atoms with Gasteiger partial charge in [-0.1, -0.05) is 31.5 Å². The minimum absolute atomic E-state index is 0.0104. The SMILES string of the molecule is Cc1ccc(C(=O)NC(C)C(C)C)cc1. The van der Waals surface area contributed by atoms with Crippen LogP contribution in [-0.4, -0.2) is 11.9 Å². The fourth-order valence-electron chi connectivity index (χ4n) is 1.16. The maximum Gasteiger partial charge on any atom is 0.251 e. The standard InChI is InChI=1S/C13H19NO/c1-9(2)11(4)14-13(15)12-7-5-10(3)6-8-12/h5-9,11H,1-4H3,(H,14,15). The minimum Gasteiger partial charge on any atom is -0.349 e. The van der Waals surface area contributed by atoms with Crippen molar-refractivity contribution in [1.29, 1.82) is 0 Å². The quantitative estimate of drug-likeness (QED) is 0.807. The highest BCUT2D eigenvalue weighted by atomic mass is 16.1. The molecule has 1 unspecified atom stereocenters. The topological polar surface area (TPSA) is 29.1 Å². The molecule has 0 saturated carbocycles. The number of rotatable bonds is 3. The van der Waals surface area contributed by atoms with Gasteiger partial charge in [-0.05, 0) is 31.9 Å². The predicted octanol–water partition coefficient (Wildman–Crippen LogP) is 2.77. The van der Waals surface area contributed by atoms with Gasteiger partial charge in [-0.25, -0.2) is 0 Å². The molecule has 0 aromatic heterocycles. The van der Waals surface area contributed by atoms with Crippen molar-refractivity contribution >= 4 is 5.91 Å². The molecule has 0 fully saturated rings. The molecule has 2 heteroatoms. The molecule has 1 rings (SSSR count). The normalized spacial score (nSPS) is 12.6. The van der Waals surface area contributed by atoms with E-state index in [1.165, 1.54) is 5.56 Å². The van der Waals surface area contributed by atoms with E-state index in [1.807, 2.05) is 38.1 Å². The van der Waals surface area contributed by atoms with E-state index in [0.717, 1.165) is 5.56 Å². The van der Waals surface area contributed by atoms with E-state index < -0.39 is 0 Å². The molecule has 15 heavy (non-hydrogen) atoms. The van der Waals surface area contributed by atoms with Gasteiger partial charge in [0.2, 0.25) is 0 Å². The summed E-state index contributed by atoms with van der Waals surface area (Å²) in [5.74, 6) is 0.468. The Morgan fingerprint density at radius 1 is 1.13 bits per heavy atom. The van der Waals surface area contributed by atoms with E-state index in [1.54, 1.807) is 0 Å². The summed E-state index contributed by atoms with van der Waals surface area (Å²) in [5.41, 5.74) is 1.90. The second-order valence-corrected chi connectivity index (χ2v) is 4.37. The van der Waals surface area contributed by atoms with E-state index in [2.05, 4.69) is 19.2 Å². The molecule has 82 valence electrons. The van der Waals surface area contributed by atoms with Crippen LogP contribution in [-0.2, 0) is 0 Å². The van der Waals surface area contributed by atoms with Crippen LogP contribution in [0, 0.1) is 12.8 Å². The highest BCUT2D eigenvalue weighted by Crippen LogP contribution is 2.05.